The molecule has 2 N–H and O–H groups in total. The lowest BCUT2D eigenvalue weighted by molar-refractivity contribution is 0.0464. The Kier molecular flexibility index (Phi) is 3.44. The number of aromatic nitrogens is 2. The van der Waals surface area contributed by atoms with Crippen LogP contribution in [0, 0.1) is 5.41 Å². The van der Waals surface area contributed by atoms with E-state index in [9.17, 15) is 4.79 Å². The molecule has 20 heavy (non-hydrogen) atoms. The molecule has 0 bridgehead atoms. The van der Waals surface area contributed by atoms with Gasteiger partial charge in [0.2, 0.25) is 0 Å². The molecule has 2 heterocycles. The molecule has 1 aliphatic heterocycles. The molecule has 0 atom stereocenters. The molecule has 1 aromatic heterocycles. The van der Waals surface area contributed by atoms with E-state index in [0.717, 1.165) is 25.9 Å². The largest absolute Gasteiger partial charge is 0.396 e. The minimum Gasteiger partial charge on any atom is -0.396 e. The molecule has 1 amide bonds. The van der Waals surface area contributed by atoms with Crippen LogP contribution in [0.15, 0.2) is 6.20 Å². The summed E-state index contributed by atoms with van der Waals surface area (Å²) in [6.45, 7) is 1.73. The predicted octanol–water partition coefficient (Wildman–Crippen LogP) is 2.19. The predicted molar refractivity (Wildman–Crippen MR) is 78.3 cm³/mol. The number of anilines is 1. The molecule has 1 saturated heterocycles. The number of carbonyl (C=O) groups excluding carboxylic acids is 1. The van der Waals surface area contributed by atoms with Crippen molar-refractivity contribution < 1.29 is 4.79 Å². The van der Waals surface area contributed by atoms with Crippen molar-refractivity contribution in [3.8, 4) is 0 Å². The smallest absolute Gasteiger partial charge is 0.274 e. The minimum atomic E-state index is 0.0353. The van der Waals surface area contributed by atoms with E-state index in [4.69, 9.17) is 5.73 Å². The van der Waals surface area contributed by atoms with Crippen LogP contribution in [0.3, 0.4) is 0 Å². The summed E-state index contributed by atoms with van der Waals surface area (Å²) in [5, 5.41) is 4.06. The first-order valence-electron chi connectivity index (χ1n) is 7.68. The van der Waals surface area contributed by atoms with Gasteiger partial charge in [-0.1, -0.05) is 19.3 Å². The van der Waals surface area contributed by atoms with Gasteiger partial charge >= 0.3 is 0 Å². The van der Waals surface area contributed by atoms with E-state index in [2.05, 4.69) is 5.10 Å². The van der Waals surface area contributed by atoms with Crippen LogP contribution in [0.1, 0.15) is 55.4 Å². The summed E-state index contributed by atoms with van der Waals surface area (Å²) in [6.07, 6.45) is 10.7. The van der Waals surface area contributed by atoms with Crippen LogP contribution in [-0.2, 0) is 7.05 Å². The Hall–Kier alpha value is -1.52. The summed E-state index contributed by atoms with van der Waals surface area (Å²) in [5.41, 5.74) is 7.39. The first-order valence-corrected chi connectivity index (χ1v) is 7.68. The van der Waals surface area contributed by atoms with E-state index in [0.29, 0.717) is 16.8 Å². The molecule has 3 rings (SSSR count). The van der Waals surface area contributed by atoms with E-state index in [-0.39, 0.29) is 5.91 Å². The van der Waals surface area contributed by atoms with Crippen LogP contribution in [0.25, 0.3) is 0 Å². The fourth-order valence-corrected chi connectivity index (χ4v) is 3.85. The highest BCUT2D eigenvalue weighted by atomic mass is 16.2. The molecule has 0 radical (unpaired) electrons. The third kappa shape index (κ3) is 2.30. The molecule has 0 unspecified atom stereocenters. The van der Waals surface area contributed by atoms with E-state index >= 15 is 0 Å². The number of rotatable bonds is 1. The van der Waals surface area contributed by atoms with Crippen molar-refractivity contribution in [1.82, 2.24) is 14.7 Å². The number of nitrogens with zero attached hydrogens (tertiary/aromatic N) is 3. The topological polar surface area (TPSA) is 64.2 Å². The minimum absolute atomic E-state index is 0.0353. The van der Waals surface area contributed by atoms with Gasteiger partial charge in [0, 0.05) is 20.1 Å². The Morgan fingerprint density at radius 3 is 2.40 bits per heavy atom. The van der Waals surface area contributed by atoms with Gasteiger partial charge in [-0.15, -0.1) is 0 Å². The number of nitrogens with two attached hydrogens (primary N) is 1. The number of amides is 1. The Balaban J connectivity index is 1.67. The Bertz CT molecular complexity index is 472. The summed E-state index contributed by atoms with van der Waals surface area (Å²) < 4.78 is 1.59. The number of hydrogen-bond donors (Lipinski definition) is 1. The number of carbonyl (C=O) groups is 1. The van der Waals surface area contributed by atoms with Gasteiger partial charge in [-0.25, -0.2) is 0 Å². The highest BCUT2D eigenvalue weighted by Crippen LogP contribution is 2.44. The number of nitrogen functional groups attached to an aromatic ring is 1. The first kappa shape index (κ1) is 13.5. The maximum absolute atomic E-state index is 12.6. The molecule has 110 valence electrons. The summed E-state index contributed by atoms with van der Waals surface area (Å²) >= 11 is 0. The second kappa shape index (κ2) is 5.11. The van der Waals surface area contributed by atoms with Crippen molar-refractivity contribution in [3.63, 3.8) is 0 Å². The summed E-state index contributed by atoms with van der Waals surface area (Å²) in [4.78, 5) is 14.5. The van der Waals surface area contributed by atoms with E-state index in [1.165, 1.54) is 32.1 Å². The van der Waals surface area contributed by atoms with Gasteiger partial charge < -0.3 is 10.6 Å². The number of aryl methyl sites for hydroxylation is 1. The third-order valence-corrected chi connectivity index (χ3v) is 5.20. The molecular weight excluding hydrogens is 252 g/mol. The van der Waals surface area contributed by atoms with Crippen molar-refractivity contribution in [2.24, 2.45) is 12.5 Å². The summed E-state index contributed by atoms with van der Waals surface area (Å²) in [5.74, 6) is 0.0353. The van der Waals surface area contributed by atoms with Gasteiger partial charge in [0.15, 0.2) is 0 Å². The van der Waals surface area contributed by atoms with Gasteiger partial charge in [0.25, 0.3) is 5.91 Å². The maximum atomic E-state index is 12.6. The van der Waals surface area contributed by atoms with Gasteiger partial charge in [-0.3, -0.25) is 9.48 Å². The van der Waals surface area contributed by atoms with Crippen LogP contribution < -0.4 is 5.73 Å². The van der Waals surface area contributed by atoms with Crippen LogP contribution in [0.2, 0.25) is 0 Å². The molecule has 1 aromatic rings. The fraction of sp³-hybridized carbons (Fsp3) is 0.733. The Morgan fingerprint density at radius 2 is 1.85 bits per heavy atom. The molecular formula is C15H24N4O. The van der Waals surface area contributed by atoms with Crippen LogP contribution in [-0.4, -0.2) is 33.7 Å². The van der Waals surface area contributed by atoms with Crippen molar-refractivity contribution in [1.29, 1.82) is 0 Å². The highest BCUT2D eigenvalue weighted by molar-refractivity contribution is 5.97. The van der Waals surface area contributed by atoms with Crippen molar-refractivity contribution in [2.45, 2.75) is 44.9 Å². The van der Waals surface area contributed by atoms with Gasteiger partial charge in [0.1, 0.15) is 5.69 Å². The van der Waals surface area contributed by atoms with E-state index < -0.39 is 0 Å². The quantitative estimate of drug-likeness (QED) is 0.855. The van der Waals surface area contributed by atoms with Crippen LogP contribution in [0.4, 0.5) is 5.69 Å². The van der Waals surface area contributed by atoms with Crippen LogP contribution in [0.5, 0.6) is 0 Å². The molecule has 5 heteroatoms. The SMILES string of the molecule is Cn1ncc(N)c1C(=O)N1CCC2(CCCCC2)CC1. The fourth-order valence-electron chi connectivity index (χ4n) is 3.85. The zero-order valence-electron chi connectivity index (χ0n) is 12.3. The molecule has 0 aromatic carbocycles. The second-order valence-electron chi connectivity index (χ2n) is 6.42. The highest BCUT2D eigenvalue weighted by Gasteiger charge is 2.37. The van der Waals surface area contributed by atoms with Gasteiger partial charge in [-0.05, 0) is 31.1 Å². The Labute approximate surface area is 120 Å². The van der Waals surface area contributed by atoms with Crippen LogP contribution >= 0.6 is 0 Å². The molecule has 1 spiro atoms. The monoisotopic (exact) mass is 276 g/mol. The normalized spacial score (nSPS) is 22.1. The number of piperidine rings is 1. The summed E-state index contributed by atoms with van der Waals surface area (Å²) in [6, 6.07) is 0. The van der Waals surface area contributed by atoms with E-state index in [1.54, 1.807) is 17.9 Å². The molecule has 1 saturated carbocycles. The van der Waals surface area contributed by atoms with Gasteiger partial charge in [-0.2, -0.15) is 5.10 Å². The maximum Gasteiger partial charge on any atom is 0.274 e. The molecule has 5 nitrogen and oxygen atoms in total. The lowest BCUT2D eigenvalue weighted by Gasteiger charge is -2.44. The summed E-state index contributed by atoms with van der Waals surface area (Å²) in [7, 11) is 1.77. The Morgan fingerprint density at radius 1 is 1.20 bits per heavy atom. The average molecular weight is 276 g/mol. The number of hydrogen-bond acceptors (Lipinski definition) is 3. The van der Waals surface area contributed by atoms with Crippen molar-refractivity contribution >= 4 is 11.6 Å². The molecule has 2 aliphatic rings. The zero-order chi connectivity index (χ0) is 14.2. The lowest BCUT2D eigenvalue weighted by Crippen LogP contribution is -2.44. The van der Waals surface area contributed by atoms with Crippen molar-refractivity contribution in [2.75, 3.05) is 18.8 Å². The molecule has 1 aliphatic carbocycles. The van der Waals surface area contributed by atoms with Crippen molar-refractivity contribution in [3.05, 3.63) is 11.9 Å². The lowest BCUT2D eigenvalue weighted by atomic mass is 9.68. The average Bonchev–Trinajstić information content (AvgIpc) is 2.79. The first-order chi connectivity index (χ1) is 9.61. The zero-order valence-corrected chi connectivity index (χ0v) is 12.3. The van der Waals surface area contributed by atoms with Gasteiger partial charge in [0.05, 0.1) is 11.9 Å². The van der Waals surface area contributed by atoms with E-state index in [1.807, 2.05) is 4.90 Å². The third-order valence-electron chi connectivity index (χ3n) is 5.20. The standard InChI is InChI=1S/C15H24N4O/c1-18-13(12(16)11-17-18)14(20)19-9-7-15(8-10-19)5-3-2-4-6-15/h11H,2-10,16H2,1H3. The molecule has 2 fully saturated rings. The number of likely N-dealkylation sites (tertiary alicyclic amines) is 1. The second-order valence-corrected chi connectivity index (χ2v) is 6.42.